The van der Waals surface area contributed by atoms with Gasteiger partial charge >= 0.3 is 0 Å². The average molecular weight is 389 g/mol. The van der Waals surface area contributed by atoms with Crippen LogP contribution in [0.4, 0.5) is 5.69 Å². The highest BCUT2D eigenvalue weighted by Crippen LogP contribution is 2.30. The minimum Gasteiger partial charge on any atom is -0.497 e. The van der Waals surface area contributed by atoms with Crippen LogP contribution in [-0.4, -0.2) is 25.6 Å². The zero-order chi connectivity index (χ0) is 17.3. The Hall–Kier alpha value is -1.85. The summed E-state index contributed by atoms with van der Waals surface area (Å²) in [5.74, 6) is 0.763. The van der Waals surface area contributed by atoms with Gasteiger partial charge in [-0.2, -0.15) is 0 Å². The van der Waals surface area contributed by atoms with E-state index in [9.17, 15) is 4.79 Å². The fourth-order valence-electron chi connectivity index (χ4n) is 3.19. The lowest BCUT2D eigenvalue weighted by Crippen LogP contribution is -2.44. The number of methoxy groups -OCH3 is 1. The molecule has 126 valence electrons. The Labute approximate surface area is 150 Å². The fourth-order valence-corrected chi connectivity index (χ4v) is 3.89. The molecule has 2 N–H and O–H groups in total. The number of aryl methyl sites for hydroxylation is 1. The van der Waals surface area contributed by atoms with Gasteiger partial charge in [-0.1, -0.05) is 34.1 Å². The molecule has 0 bridgehead atoms. The molecule has 2 aromatic carbocycles. The van der Waals surface area contributed by atoms with Crippen molar-refractivity contribution >= 4 is 27.5 Å². The Morgan fingerprint density at radius 3 is 2.83 bits per heavy atom. The van der Waals surface area contributed by atoms with Gasteiger partial charge < -0.3 is 15.4 Å². The number of nitrogens with zero attached hydrogens (tertiary/aromatic N) is 1. The van der Waals surface area contributed by atoms with Crippen LogP contribution in [0.2, 0.25) is 0 Å². The molecule has 1 amide bonds. The molecule has 1 aliphatic heterocycles. The molecule has 0 spiro atoms. The van der Waals surface area contributed by atoms with Crippen molar-refractivity contribution in [3.63, 3.8) is 0 Å². The quantitative estimate of drug-likeness (QED) is 0.874. The van der Waals surface area contributed by atoms with E-state index in [1.807, 2.05) is 42.2 Å². The summed E-state index contributed by atoms with van der Waals surface area (Å²) in [4.78, 5) is 14.6. The lowest BCUT2D eigenvalue weighted by molar-refractivity contribution is -0.119. The van der Waals surface area contributed by atoms with Crippen molar-refractivity contribution in [2.75, 3.05) is 18.6 Å². The second kappa shape index (κ2) is 6.95. The number of para-hydroxylation sites is 1. The van der Waals surface area contributed by atoms with Gasteiger partial charge in [0, 0.05) is 16.7 Å². The van der Waals surface area contributed by atoms with Crippen LogP contribution in [0.5, 0.6) is 5.75 Å². The molecule has 0 unspecified atom stereocenters. The molecule has 24 heavy (non-hydrogen) atoms. The van der Waals surface area contributed by atoms with Crippen LogP contribution in [0.25, 0.3) is 0 Å². The lowest BCUT2D eigenvalue weighted by Gasteiger charge is -2.22. The van der Waals surface area contributed by atoms with Crippen LogP contribution >= 0.6 is 15.9 Å². The molecule has 3 rings (SSSR count). The van der Waals surface area contributed by atoms with Crippen LogP contribution in [0.1, 0.15) is 16.7 Å². The third kappa shape index (κ3) is 3.19. The summed E-state index contributed by atoms with van der Waals surface area (Å²) >= 11 is 3.57. The van der Waals surface area contributed by atoms with E-state index in [2.05, 4.69) is 22.0 Å². The van der Waals surface area contributed by atoms with Gasteiger partial charge in [0.15, 0.2) is 0 Å². The maximum Gasteiger partial charge on any atom is 0.244 e. The van der Waals surface area contributed by atoms with E-state index in [-0.39, 0.29) is 5.91 Å². The summed E-state index contributed by atoms with van der Waals surface area (Å²) in [5, 5.41) is 0. The number of hydrogen-bond acceptors (Lipinski definition) is 3. The molecule has 1 heterocycles. The van der Waals surface area contributed by atoms with E-state index in [0.29, 0.717) is 13.0 Å². The summed E-state index contributed by atoms with van der Waals surface area (Å²) in [5.41, 5.74) is 10.6. The molecule has 0 saturated carbocycles. The fraction of sp³-hybridized carbons (Fsp3) is 0.316. The summed E-state index contributed by atoms with van der Waals surface area (Å²) in [6, 6.07) is 11.3. The maximum absolute atomic E-state index is 12.8. The third-order valence-electron chi connectivity index (χ3n) is 4.52. The van der Waals surface area contributed by atoms with Crippen molar-refractivity contribution in [1.82, 2.24) is 0 Å². The molecule has 0 radical (unpaired) electrons. The highest BCUT2D eigenvalue weighted by atomic mass is 79.9. The van der Waals surface area contributed by atoms with Crippen LogP contribution in [0.15, 0.2) is 40.9 Å². The van der Waals surface area contributed by atoms with E-state index in [4.69, 9.17) is 10.5 Å². The Balaban J connectivity index is 1.79. The highest BCUT2D eigenvalue weighted by Gasteiger charge is 2.28. The van der Waals surface area contributed by atoms with Gasteiger partial charge in [-0.05, 0) is 54.7 Å². The minimum absolute atomic E-state index is 0.0259. The van der Waals surface area contributed by atoms with Crippen molar-refractivity contribution in [2.45, 2.75) is 25.8 Å². The number of halogens is 1. The first kappa shape index (κ1) is 17.0. The maximum atomic E-state index is 12.8. The normalized spacial score (nSPS) is 14.4. The van der Waals surface area contributed by atoms with Crippen molar-refractivity contribution in [3.8, 4) is 5.75 Å². The van der Waals surface area contributed by atoms with E-state index in [0.717, 1.165) is 33.5 Å². The number of fused-ring (bicyclic) bond motifs is 1. The van der Waals surface area contributed by atoms with Crippen LogP contribution in [-0.2, 0) is 17.6 Å². The Bertz CT molecular complexity index is 753. The summed E-state index contributed by atoms with van der Waals surface area (Å²) < 4.78 is 6.19. The summed E-state index contributed by atoms with van der Waals surface area (Å²) in [6.45, 7) is 2.71. The average Bonchev–Trinajstić information content (AvgIpc) is 3.01. The number of hydrogen-bond donors (Lipinski definition) is 1. The minimum atomic E-state index is -0.570. The van der Waals surface area contributed by atoms with E-state index >= 15 is 0 Å². The first-order valence-corrected chi connectivity index (χ1v) is 8.78. The molecular weight excluding hydrogens is 368 g/mol. The van der Waals surface area contributed by atoms with E-state index in [1.54, 1.807) is 7.11 Å². The van der Waals surface area contributed by atoms with Crippen LogP contribution in [0, 0.1) is 6.92 Å². The molecule has 0 aromatic heterocycles. The number of anilines is 1. The van der Waals surface area contributed by atoms with E-state index in [1.165, 1.54) is 5.56 Å². The molecule has 4 nitrogen and oxygen atoms in total. The number of ether oxygens (including phenoxy) is 1. The topological polar surface area (TPSA) is 55.6 Å². The van der Waals surface area contributed by atoms with Crippen LogP contribution in [0.3, 0.4) is 0 Å². The number of nitrogens with two attached hydrogens (primary N) is 1. The molecule has 0 aliphatic carbocycles. The Morgan fingerprint density at radius 2 is 2.12 bits per heavy atom. The largest absolute Gasteiger partial charge is 0.497 e. The molecule has 2 aromatic rings. The standard InChI is InChI=1S/C19H21BrN2O2/c1-12-9-14(24-2)10-16(20)15(12)11-17(21)19(23)22-8-7-13-5-3-4-6-18(13)22/h3-6,9-10,17H,7-8,11,21H2,1-2H3/t17-/m0/s1. The monoisotopic (exact) mass is 388 g/mol. The zero-order valence-corrected chi connectivity index (χ0v) is 15.5. The van der Waals surface area contributed by atoms with Gasteiger partial charge in [-0.15, -0.1) is 0 Å². The summed E-state index contributed by atoms with van der Waals surface area (Å²) in [7, 11) is 1.64. The first-order chi connectivity index (χ1) is 11.5. The van der Waals surface area contributed by atoms with Gasteiger partial charge in [0.1, 0.15) is 5.75 Å². The van der Waals surface area contributed by atoms with Crippen LogP contribution < -0.4 is 15.4 Å². The summed E-state index contributed by atoms with van der Waals surface area (Å²) in [6.07, 6.45) is 1.38. The zero-order valence-electron chi connectivity index (χ0n) is 13.9. The number of rotatable bonds is 4. The van der Waals surface area contributed by atoms with Gasteiger partial charge in [0.2, 0.25) is 5.91 Å². The van der Waals surface area contributed by atoms with Gasteiger partial charge in [-0.3, -0.25) is 4.79 Å². The smallest absolute Gasteiger partial charge is 0.244 e. The Morgan fingerprint density at radius 1 is 1.38 bits per heavy atom. The second-order valence-electron chi connectivity index (χ2n) is 6.08. The number of carbonyl (C=O) groups is 1. The number of amides is 1. The molecule has 5 heteroatoms. The molecule has 0 fully saturated rings. The van der Waals surface area contributed by atoms with Crippen molar-refractivity contribution in [3.05, 3.63) is 57.6 Å². The van der Waals surface area contributed by atoms with Gasteiger partial charge in [0.25, 0.3) is 0 Å². The predicted molar refractivity (Wildman–Crippen MR) is 99.6 cm³/mol. The predicted octanol–water partition coefficient (Wildman–Crippen LogP) is 3.23. The first-order valence-electron chi connectivity index (χ1n) is 7.99. The van der Waals surface area contributed by atoms with Crippen molar-refractivity contribution in [2.24, 2.45) is 5.73 Å². The van der Waals surface area contributed by atoms with Crippen molar-refractivity contribution in [1.29, 1.82) is 0 Å². The molecule has 1 atom stereocenters. The molecule has 0 saturated heterocycles. The van der Waals surface area contributed by atoms with Gasteiger partial charge in [0.05, 0.1) is 13.2 Å². The SMILES string of the molecule is COc1cc(C)c(C[C@H](N)C(=O)N2CCc3ccccc32)c(Br)c1. The number of carbonyl (C=O) groups excluding carboxylic acids is 1. The van der Waals surface area contributed by atoms with Gasteiger partial charge in [-0.25, -0.2) is 0 Å². The molecular formula is C19H21BrN2O2. The number of benzene rings is 2. The molecule has 1 aliphatic rings. The van der Waals surface area contributed by atoms with Crippen molar-refractivity contribution < 1.29 is 9.53 Å². The third-order valence-corrected chi connectivity index (χ3v) is 5.23. The highest BCUT2D eigenvalue weighted by molar-refractivity contribution is 9.10. The second-order valence-corrected chi connectivity index (χ2v) is 6.94. The lowest BCUT2D eigenvalue weighted by atomic mass is 10.0. The van der Waals surface area contributed by atoms with E-state index < -0.39 is 6.04 Å². The Kier molecular flexibility index (Phi) is 4.92.